The van der Waals surface area contributed by atoms with Crippen molar-refractivity contribution in [3.63, 3.8) is 0 Å². The first-order valence-electron chi connectivity index (χ1n) is 8.20. The summed E-state index contributed by atoms with van der Waals surface area (Å²) < 4.78 is 4.93. The number of hydrogen-bond donors (Lipinski definition) is 1. The van der Waals surface area contributed by atoms with Gasteiger partial charge in [0.1, 0.15) is 5.76 Å². The lowest BCUT2D eigenvalue weighted by atomic mass is 10.1. The van der Waals surface area contributed by atoms with Crippen LogP contribution >= 0.6 is 0 Å². The van der Waals surface area contributed by atoms with Crippen LogP contribution in [0, 0.1) is 12.8 Å². The maximum atomic E-state index is 12.3. The van der Waals surface area contributed by atoms with E-state index in [9.17, 15) is 9.59 Å². The molecule has 1 saturated heterocycles. The fourth-order valence-corrected chi connectivity index (χ4v) is 2.92. The molecule has 2 aromatic rings. The van der Waals surface area contributed by atoms with E-state index in [-0.39, 0.29) is 24.2 Å². The molecule has 1 atom stereocenters. The SMILES string of the molecule is CCCc1ccc(N2C[C@@H](C(=O)Nc3cc(C)on3)CC2=O)cc1. The van der Waals surface area contributed by atoms with Gasteiger partial charge in [0.25, 0.3) is 0 Å². The molecule has 0 unspecified atom stereocenters. The van der Waals surface area contributed by atoms with Crippen LogP contribution in [0.25, 0.3) is 0 Å². The van der Waals surface area contributed by atoms with Gasteiger partial charge in [0.15, 0.2) is 5.82 Å². The standard InChI is InChI=1S/C18H21N3O3/c1-3-4-13-5-7-15(8-6-13)21-11-14(10-17(21)22)18(23)19-16-9-12(2)24-20-16/h5-9,14H,3-4,10-11H2,1-2H3,(H,19,20,23)/t14-/m0/s1. The molecule has 3 rings (SSSR count). The molecule has 6 nitrogen and oxygen atoms in total. The second kappa shape index (κ2) is 6.86. The maximum Gasteiger partial charge on any atom is 0.231 e. The zero-order valence-corrected chi connectivity index (χ0v) is 13.9. The molecule has 1 aliphatic heterocycles. The summed E-state index contributed by atoms with van der Waals surface area (Å²) in [7, 11) is 0. The number of carbonyl (C=O) groups excluding carboxylic acids is 2. The molecular formula is C18H21N3O3. The van der Waals surface area contributed by atoms with Gasteiger partial charge in [0.2, 0.25) is 11.8 Å². The number of nitrogens with zero attached hydrogens (tertiary/aromatic N) is 2. The van der Waals surface area contributed by atoms with Gasteiger partial charge in [-0.05, 0) is 31.0 Å². The lowest BCUT2D eigenvalue weighted by Crippen LogP contribution is -2.28. The van der Waals surface area contributed by atoms with E-state index in [1.807, 2.05) is 24.3 Å². The Balaban J connectivity index is 1.65. The number of rotatable bonds is 5. The maximum absolute atomic E-state index is 12.3. The summed E-state index contributed by atoms with van der Waals surface area (Å²) in [6.07, 6.45) is 2.32. The summed E-state index contributed by atoms with van der Waals surface area (Å²) in [5.41, 5.74) is 2.09. The van der Waals surface area contributed by atoms with Crippen LogP contribution in [0.4, 0.5) is 11.5 Å². The molecule has 1 fully saturated rings. The Morgan fingerprint density at radius 2 is 2.12 bits per heavy atom. The number of aryl methyl sites for hydroxylation is 2. The summed E-state index contributed by atoms with van der Waals surface area (Å²) in [4.78, 5) is 26.3. The Morgan fingerprint density at radius 3 is 2.75 bits per heavy atom. The Morgan fingerprint density at radius 1 is 1.38 bits per heavy atom. The zero-order chi connectivity index (χ0) is 17.1. The average Bonchev–Trinajstić information content (AvgIpc) is 3.14. The van der Waals surface area contributed by atoms with E-state index in [4.69, 9.17) is 4.52 Å². The lowest BCUT2D eigenvalue weighted by molar-refractivity contribution is -0.122. The molecule has 0 bridgehead atoms. The quantitative estimate of drug-likeness (QED) is 0.916. The van der Waals surface area contributed by atoms with Crippen molar-refractivity contribution < 1.29 is 14.1 Å². The van der Waals surface area contributed by atoms with E-state index < -0.39 is 0 Å². The van der Waals surface area contributed by atoms with Gasteiger partial charge in [-0.1, -0.05) is 30.6 Å². The molecule has 0 aliphatic carbocycles. The third-order valence-electron chi connectivity index (χ3n) is 4.16. The van der Waals surface area contributed by atoms with Crippen molar-refractivity contribution in [3.8, 4) is 0 Å². The normalized spacial score (nSPS) is 17.3. The zero-order valence-electron chi connectivity index (χ0n) is 13.9. The van der Waals surface area contributed by atoms with E-state index in [0.29, 0.717) is 18.1 Å². The van der Waals surface area contributed by atoms with Crippen molar-refractivity contribution in [2.75, 3.05) is 16.8 Å². The number of aromatic nitrogens is 1. The van der Waals surface area contributed by atoms with Gasteiger partial charge < -0.3 is 14.7 Å². The molecule has 1 aromatic carbocycles. The monoisotopic (exact) mass is 327 g/mol. The molecule has 1 aliphatic rings. The smallest absolute Gasteiger partial charge is 0.231 e. The minimum atomic E-state index is -0.384. The summed E-state index contributed by atoms with van der Waals surface area (Å²) in [5, 5.41) is 6.45. The minimum absolute atomic E-state index is 0.0327. The van der Waals surface area contributed by atoms with Crippen molar-refractivity contribution in [2.45, 2.75) is 33.1 Å². The Bertz CT molecular complexity index is 736. The minimum Gasteiger partial charge on any atom is -0.360 e. The summed E-state index contributed by atoms with van der Waals surface area (Å²) in [5.74, 6) is 0.384. The van der Waals surface area contributed by atoms with Gasteiger partial charge in [0, 0.05) is 24.7 Å². The first kappa shape index (κ1) is 16.2. The van der Waals surface area contributed by atoms with Crippen LogP contribution in [0.5, 0.6) is 0 Å². The van der Waals surface area contributed by atoms with Gasteiger partial charge in [-0.3, -0.25) is 9.59 Å². The van der Waals surface area contributed by atoms with Crippen LogP contribution in [0.1, 0.15) is 31.1 Å². The fraction of sp³-hybridized carbons (Fsp3) is 0.389. The average molecular weight is 327 g/mol. The van der Waals surface area contributed by atoms with Crippen LogP contribution in [0.2, 0.25) is 0 Å². The van der Waals surface area contributed by atoms with E-state index in [1.54, 1.807) is 17.9 Å². The molecule has 6 heteroatoms. The number of nitrogens with one attached hydrogen (secondary N) is 1. The molecule has 2 heterocycles. The van der Waals surface area contributed by atoms with Gasteiger partial charge in [0.05, 0.1) is 5.92 Å². The molecule has 24 heavy (non-hydrogen) atoms. The first-order chi connectivity index (χ1) is 11.6. The summed E-state index contributed by atoms with van der Waals surface area (Å²) in [6, 6.07) is 9.63. The fourth-order valence-electron chi connectivity index (χ4n) is 2.92. The molecule has 0 radical (unpaired) electrons. The van der Waals surface area contributed by atoms with Gasteiger partial charge >= 0.3 is 0 Å². The highest BCUT2D eigenvalue weighted by Crippen LogP contribution is 2.26. The third kappa shape index (κ3) is 3.48. The largest absolute Gasteiger partial charge is 0.360 e. The lowest BCUT2D eigenvalue weighted by Gasteiger charge is -2.17. The number of anilines is 2. The van der Waals surface area contributed by atoms with Gasteiger partial charge in [-0.25, -0.2) is 0 Å². The predicted molar refractivity (Wildman–Crippen MR) is 90.8 cm³/mol. The highest BCUT2D eigenvalue weighted by atomic mass is 16.5. The number of hydrogen-bond acceptors (Lipinski definition) is 4. The van der Waals surface area contributed by atoms with Crippen LogP contribution < -0.4 is 10.2 Å². The van der Waals surface area contributed by atoms with Gasteiger partial charge in [-0.15, -0.1) is 0 Å². The predicted octanol–water partition coefficient (Wildman–Crippen LogP) is 2.93. The molecule has 0 saturated carbocycles. The third-order valence-corrected chi connectivity index (χ3v) is 4.16. The van der Waals surface area contributed by atoms with E-state index in [2.05, 4.69) is 17.4 Å². The topological polar surface area (TPSA) is 75.4 Å². The first-order valence-corrected chi connectivity index (χ1v) is 8.20. The Hall–Kier alpha value is -2.63. The highest BCUT2D eigenvalue weighted by Gasteiger charge is 2.35. The van der Waals surface area contributed by atoms with E-state index >= 15 is 0 Å². The number of carbonyl (C=O) groups is 2. The Kier molecular flexibility index (Phi) is 4.64. The molecule has 1 N–H and O–H groups in total. The van der Waals surface area contributed by atoms with Crippen LogP contribution in [-0.2, 0) is 16.0 Å². The highest BCUT2D eigenvalue weighted by molar-refractivity contribution is 6.03. The van der Waals surface area contributed by atoms with Crippen molar-refractivity contribution in [1.29, 1.82) is 0 Å². The summed E-state index contributed by atoms with van der Waals surface area (Å²) in [6.45, 7) is 4.28. The van der Waals surface area contributed by atoms with Crippen molar-refractivity contribution >= 4 is 23.3 Å². The molecule has 2 amide bonds. The summed E-state index contributed by atoms with van der Waals surface area (Å²) >= 11 is 0. The van der Waals surface area contributed by atoms with Crippen molar-refractivity contribution in [1.82, 2.24) is 5.16 Å². The molecular weight excluding hydrogens is 306 g/mol. The number of benzene rings is 1. The number of amides is 2. The molecule has 126 valence electrons. The molecule has 1 aromatic heterocycles. The van der Waals surface area contributed by atoms with Crippen molar-refractivity contribution in [2.24, 2.45) is 5.92 Å². The second-order valence-corrected chi connectivity index (χ2v) is 6.13. The second-order valence-electron chi connectivity index (χ2n) is 6.13. The van der Waals surface area contributed by atoms with Crippen LogP contribution in [-0.4, -0.2) is 23.5 Å². The van der Waals surface area contributed by atoms with Crippen LogP contribution in [0.3, 0.4) is 0 Å². The van der Waals surface area contributed by atoms with Gasteiger partial charge in [-0.2, -0.15) is 0 Å². The van der Waals surface area contributed by atoms with E-state index in [1.165, 1.54) is 5.56 Å². The molecule has 0 spiro atoms. The Labute approximate surface area is 140 Å². The van der Waals surface area contributed by atoms with Crippen LogP contribution in [0.15, 0.2) is 34.9 Å². The van der Waals surface area contributed by atoms with E-state index in [0.717, 1.165) is 18.5 Å². The van der Waals surface area contributed by atoms with Crippen molar-refractivity contribution in [3.05, 3.63) is 41.7 Å².